The molecule has 1 atom stereocenters. The molecule has 112 valence electrons. The van der Waals surface area contributed by atoms with Gasteiger partial charge in [-0.05, 0) is 49.4 Å². The Morgan fingerprint density at radius 2 is 1.95 bits per heavy atom. The lowest BCUT2D eigenvalue weighted by Crippen LogP contribution is -2.30. The highest BCUT2D eigenvalue weighted by molar-refractivity contribution is 7.99. The topological polar surface area (TPSA) is 12.0 Å². The third-order valence-corrected chi connectivity index (χ3v) is 4.74. The Morgan fingerprint density at radius 1 is 1.19 bits per heavy atom. The summed E-state index contributed by atoms with van der Waals surface area (Å²) in [6.45, 7) is 0. The molecule has 0 saturated heterocycles. The lowest BCUT2D eigenvalue weighted by atomic mass is 10.1. The molecule has 0 saturated carbocycles. The van der Waals surface area contributed by atoms with Crippen LogP contribution in [0.4, 0.5) is 8.78 Å². The molecule has 0 aliphatic carbocycles. The quantitative estimate of drug-likeness (QED) is 0.782. The van der Waals surface area contributed by atoms with Crippen LogP contribution in [0.15, 0.2) is 47.4 Å². The molecule has 0 spiro atoms. The van der Waals surface area contributed by atoms with Gasteiger partial charge < -0.3 is 5.32 Å². The molecule has 0 amide bonds. The van der Waals surface area contributed by atoms with Crippen LogP contribution in [0.5, 0.6) is 0 Å². The summed E-state index contributed by atoms with van der Waals surface area (Å²) in [4.78, 5) is 0.614. The molecule has 0 heterocycles. The molecule has 0 fully saturated rings. The van der Waals surface area contributed by atoms with Crippen LogP contribution in [0.2, 0.25) is 5.02 Å². The van der Waals surface area contributed by atoms with E-state index >= 15 is 0 Å². The molecule has 21 heavy (non-hydrogen) atoms. The van der Waals surface area contributed by atoms with Gasteiger partial charge in [0, 0.05) is 21.7 Å². The van der Waals surface area contributed by atoms with E-state index in [9.17, 15) is 8.78 Å². The zero-order valence-corrected chi connectivity index (χ0v) is 13.1. The highest BCUT2D eigenvalue weighted by Gasteiger charge is 2.12. The van der Waals surface area contributed by atoms with Gasteiger partial charge in [0.15, 0.2) is 0 Å². The summed E-state index contributed by atoms with van der Waals surface area (Å²) in [6.07, 6.45) is 0.592. The van der Waals surface area contributed by atoms with E-state index in [0.717, 1.165) is 5.56 Å². The number of likely N-dealkylation sites (N-methyl/N-ethyl adjacent to an activating group) is 1. The zero-order valence-electron chi connectivity index (χ0n) is 11.6. The second kappa shape index (κ2) is 7.78. The number of rotatable bonds is 6. The fraction of sp³-hybridized carbons (Fsp3) is 0.250. The first-order chi connectivity index (χ1) is 10.1. The minimum Gasteiger partial charge on any atom is -0.316 e. The summed E-state index contributed by atoms with van der Waals surface area (Å²) >= 11 is 7.51. The summed E-state index contributed by atoms with van der Waals surface area (Å²) in [6, 6.07) is 11.1. The van der Waals surface area contributed by atoms with Gasteiger partial charge >= 0.3 is 0 Å². The Morgan fingerprint density at radius 3 is 2.67 bits per heavy atom. The predicted molar refractivity (Wildman–Crippen MR) is 85.1 cm³/mol. The van der Waals surface area contributed by atoms with Crippen molar-refractivity contribution >= 4 is 23.4 Å². The number of halogens is 3. The van der Waals surface area contributed by atoms with Crippen molar-refractivity contribution in [1.82, 2.24) is 5.32 Å². The third-order valence-electron chi connectivity index (χ3n) is 3.16. The molecule has 1 unspecified atom stereocenters. The summed E-state index contributed by atoms with van der Waals surface area (Å²) in [7, 11) is 1.83. The van der Waals surface area contributed by atoms with Gasteiger partial charge in [-0.25, -0.2) is 8.78 Å². The van der Waals surface area contributed by atoms with Gasteiger partial charge in [0.25, 0.3) is 0 Å². The number of benzene rings is 2. The van der Waals surface area contributed by atoms with Gasteiger partial charge in [-0.1, -0.05) is 23.7 Å². The highest BCUT2D eigenvalue weighted by atomic mass is 35.5. The molecule has 0 aliphatic rings. The number of nitrogens with one attached hydrogen (secondary N) is 1. The molecule has 0 aromatic heterocycles. The lowest BCUT2D eigenvalue weighted by molar-refractivity contribution is 0.595. The summed E-state index contributed by atoms with van der Waals surface area (Å²) in [5.41, 5.74) is 0.755. The second-order valence-corrected chi connectivity index (χ2v) is 6.14. The van der Waals surface area contributed by atoms with E-state index in [1.807, 2.05) is 13.1 Å². The van der Waals surface area contributed by atoms with Crippen LogP contribution in [0.3, 0.4) is 0 Å². The SMILES string of the molecule is CNC(CSc1ccccc1F)Cc1cc(F)ccc1Cl. The van der Waals surface area contributed by atoms with Gasteiger partial charge in [0.1, 0.15) is 11.6 Å². The maximum Gasteiger partial charge on any atom is 0.136 e. The van der Waals surface area contributed by atoms with E-state index in [1.165, 1.54) is 30.0 Å². The predicted octanol–water partition coefficient (Wildman–Crippen LogP) is 4.54. The summed E-state index contributed by atoms with van der Waals surface area (Å²) < 4.78 is 26.8. The van der Waals surface area contributed by atoms with E-state index in [2.05, 4.69) is 5.32 Å². The Balaban J connectivity index is 2.00. The molecule has 5 heteroatoms. The normalized spacial score (nSPS) is 12.4. The fourth-order valence-electron chi connectivity index (χ4n) is 1.96. The molecule has 2 rings (SSSR count). The standard InChI is InChI=1S/C16H16ClF2NS/c1-20-13(9-11-8-12(18)6-7-14(11)17)10-21-16-5-3-2-4-15(16)19/h2-8,13,20H,9-10H2,1H3. The molecule has 0 aliphatic heterocycles. The largest absolute Gasteiger partial charge is 0.316 e. The second-order valence-electron chi connectivity index (χ2n) is 4.67. The third kappa shape index (κ3) is 4.70. The van der Waals surface area contributed by atoms with Crippen LogP contribution in [0.1, 0.15) is 5.56 Å². The molecular formula is C16H16ClF2NS. The average Bonchev–Trinajstić information content (AvgIpc) is 2.48. The lowest BCUT2D eigenvalue weighted by Gasteiger charge is -2.17. The molecule has 1 nitrogen and oxygen atoms in total. The van der Waals surface area contributed by atoms with Gasteiger partial charge in [-0.15, -0.1) is 11.8 Å². The van der Waals surface area contributed by atoms with E-state index < -0.39 is 0 Å². The first kappa shape index (κ1) is 16.3. The zero-order chi connectivity index (χ0) is 15.2. The van der Waals surface area contributed by atoms with Crippen molar-refractivity contribution in [3.05, 3.63) is 64.7 Å². The molecule has 0 radical (unpaired) electrons. The van der Waals surface area contributed by atoms with Crippen LogP contribution in [0, 0.1) is 11.6 Å². The number of thioether (sulfide) groups is 1. The minimum atomic E-state index is -0.300. The maximum atomic E-state index is 13.6. The maximum absolute atomic E-state index is 13.6. The Hall–Kier alpha value is -1.10. The van der Waals surface area contributed by atoms with E-state index in [0.29, 0.717) is 22.1 Å². The van der Waals surface area contributed by atoms with Crippen LogP contribution >= 0.6 is 23.4 Å². The Bertz CT molecular complexity index is 607. The molecule has 0 bridgehead atoms. The van der Waals surface area contributed by atoms with Crippen LogP contribution in [0.25, 0.3) is 0 Å². The monoisotopic (exact) mass is 327 g/mol. The molecular weight excluding hydrogens is 312 g/mol. The molecule has 1 N–H and O–H groups in total. The number of hydrogen-bond acceptors (Lipinski definition) is 2. The first-order valence-corrected chi connectivity index (χ1v) is 7.95. The summed E-state index contributed by atoms with van der Waals surface area (Å²) in [5, 5.41) is 3.71. The van der Waals surface area contributed by atoms with Gasteiger partial charge in [-0.2, -0.15) is 0 Å². The van der Waals surface area contributed by atoms with Crippen molar-refractivity contribution in [2.24, 2.45) is 0 Å². The highest BCUT2D eigenvalue weighted by Crippen LogP contribution is 2.24. The smallest absolute Gasteiger partial charge is 0.136 e. The van der Waals surface area contributed by atoms with Crippen molar-refractivity contribution in [3.63, 3.8) is 0 Å². The Labute approximate surface area is 132 Å². The van der Waals surface area contributed by atoms with Crippen molar-refractivity contribution in [2.45, 2.75) is 17.4 Å². The molecule has 2 aromatic rings. The van der Waals surface area contributed by atoms with Crippen molar-refractivity contribution < 1.29 is 8.78 Å². The van der Waals surface area contributed by atoms with Crippen molar-refractivity contribution in [1.29, 1.82) is 0 Å². The van der Waals surface area contributed by atoms with E-state index in [-0.39, 0.29) is 17.7 Å². The average molecular weight is 328 g/mol. The molecule has 2 aromatic carbocycles. The summed E-state index contributed by atoms with van der Waals surface area (Å²) in [5.74, 6) is 0.150. The van der Waals surface area contributed by atoms with Crippen molar-refractivity contribution in [2.75, 3.05) is 12.8 Å². The van der Waals surface area contributed by atoms with Crippen LogP contribution in [-0.2, 0) is 6.42 Å². The van der Waals surface area contributed by atoms with Crippen LogP contribution < -0.4 is 5.32 Å². The fourth-order valence-corrected chi connectivity index (χ4v) is 3.20. The first-order valence-electron chi connectivity index (χ1n) is 6.58. The number of hydrogen-bond donors (Lipinski definition) is 1. The van der Waals surface area contributed by atoms with Gasteiger partial charge in [0.2, 0.25) is 0 Å². The Kier molecular flexibility index (Phi) is 6.03. The van der Waals surface area contributed by atoms with Crippen molar-refractivity contribution in [3.8, 4) is 0 Å². The van der Waals surface area contributed by atoms with E-state index in [1.54, 1.807) is 18.2 Å². The minimum absolute atomic E-state index is 0.0777. The van der Waals surface area contributed by atoms with Gasteiger partial charge in [0.05, 0.1) is 0 Å². The van der Waals surface area contributed by atoms with E-state index in [4.69, 9.17) is 11.6 Å². The van der Waals surface area contributed by atoms with Gasteiger partial charge in [-0.3, -0.25) is 0 Å². The van der Waals surface area contributed by atoms with Crippen LogP contribution in [-0.4, -0.2) is 18.8 Å².